The zero-order chi connectivity index (χ0) is 18.4. The highest BCUT2D eigenvalue weighted by atomic mass is 127. The van der Waals surface area contributed by atoms with Gasteiger partial charge in [0.2, 0.25) is 5.83 Å². The van der Waals surface area contributed by atoms with E-state index in [1.807, 2.05) is 0 Å². The van der Waals surface area contributed by atoms with Crippen LogP contribution >= 0.6 is 22.6 Å². The Bertz CT molecular complexity index is 449. The molecule has 0 aromatic heterocycles. The van der Waals surface area contributed by atoms with Crippen molar-refractivity contribution in [1.82, 2.24) is 0 Å². The van der Waals surface area contributed by atoms with E-state index in [0.717, 1.165) is 0 Å². The van der Waals surface area contributed by atoms with Gasteiger partial charge < -0.3 is 5.11 Å². The molecular weight excluding hydrogens is 471 g/mol. The second-order valence-electron chi connectivity index (χ2n) is 3.39. The molecule has 0 aliphatic rings. The highest BCUT2D eigenvalue weighted by molar-refractivity contribution is 14.1. The summed E-state index contributed by atoms with van der Waals surface area (Å²) in [5.41, 5.74) is 0. The molecule has 0 fully saturated rings. The molecule has 2 nitrogen and oxygen atoms in total. The smallest absolute Gasteiger partial charge is 0.433 e. The van der Waals surface area contributed by atoms with E-state index in [0.29, 0.717) is 0 Å². The van der Waals surface area contributed by atoms with Crippen molar-refractivity contribution in [2.45, 2.75) is 28.0 Å². The Labute approximate surface area is 125 Å². The van der Waals surface area contributed by atoms with E-state index in [2.05, 4.69) is 0 Å². The van der Waals surface area contributed by atoms with Gasteiger partial charge in [-0.15, -0.1) is 0 Å². The van der Waals surface area contributed by atoms with Gasteiger partial charge in [-0.25, -0.2) is 4.74 Å². The predicted octanol–water partition coefficient (Wildman–Crippen LogP) is 5.15. The van der Waals surface area contributed by atoms with Crippen LogP contribution in [0.1, 0.15) is 0 Å². The molecule has 0 aromatic carbocycles. The monoisotopic (exact) mass is 472 g/mol. The molecule has 0 bridgehead atoms. The van der Waals surface area contributed by atoms with Crippen LogP contribution in [-0.4, -0.2) is 33.1 Å². The zero-order valence-electron chi connectivity index (χ0n) is 9.27. The first-order valence-corrected chi connectivity index (χ1v) is 5.42. The largest absolute Gasteiger partial charge is 0.484 e. The molecule has 15 heteroatoms. The molecule has 0 spiro atoms. The molecule has 0 radical (unpaired) electrons. The summed E-state index contributed by atoms with van der Waals surface area (Å²) in [5, 5.41) is 7.62. The van der Waals surface area contributed by atoms with Gasteiger partial charge in [-0.1, -0.05) is 0 Å². The molecular formula is C7HF12IO2. The number of aliphatic hydroxyl groups is 1. The second kappa shape index (κ2) is 5.79. The molecule has 0 aliphatic carbocycles. The summed E-state index contributed by atoms with van der Waals surface area (Å²) in [5.74, 6) is -18.3. The Balaban J connectivity index is 5.84. The molecule has 0 amide bonds. The lowest BCUT2D eigenvalue weighted by molar-refractivity contribution is -0.471. The van der Waals surface area contributed by atoms with Crippen LogP contribution in [0.4, 0.5) is 52.7 Å². The second-order valence-corrected chi connectivity index (χ2v) is 4.74. The fourth-order valence-electron chi connectivity index (χ4n) is 0.733. The fourth-order valence-corrected chi connectivity index (χ4v) is 0.843. The fraction of sp³-hybridized carbons (Fsp3) is 0.714. The number of allylic oxidation sites excluding steroid dienone is 1. The summed E-state index contributed by atoms with van der Waals surface area (Å²) in [7, 11) is 0. The van der Waals surface area contributed by atoms with Gasteiger partial charge in [-0.3, -0.25) is 0 Å². The van der Waals surface area contributed by atoms with E-state index in [-0.39, 0.29) is 0 Å². The molecule has 0 aromatic rings. The standard InChI is InChI=1S/C7HF12IO2/c8-1(2(9)21)3(10,11)4(12,13)6(16,17)22-7(18,19)5(14,15)20/h21H. The Kier molecular flexibility index (Phi) is 5.63. The van der Waals surface area contributed by atoms with Crippen LogP contribution in [0, 0.1) is 0 Å². The van der Waals surface area contributed by atoms with Crippen LogP contribution < -0.4 is 0 Å². The van der Waals surface area contributed by atoms with Crippen molar-refractivity contribution in [2.75, 3.05) is 0 Å². The van der Waals surface area contributed by atoms with Crippen LogP contribution in [0.2, 0.25) is 0 Å². The van der Waals surface area contributed by atoms with Crippen LogP contribution in [0.5, 0.6) is 0 Å². The molecule has 0 rings (SSSR count). The van der Waals surface area contributed by atoms with Crippen molar-refractivity contribution < 1.29 is 62.5 Å². The molecule has 132 valence electrons. The Morgan fingerprint density at radius 2 is 1.14 bits per heavy atom. The van der Waals surface area contributed by atoms with Gasteiger partial charge in [0.25, 0.3) is 0 Å². The molecule has 0 heterocycles. The third-order valence-electron chi connectivity index (χ3n) is 1.80. The number of ether oxygens (including phenoxy) is 1. The Morgan fingerprint density at radius 3 is 1.41 bits per heavy atom. The van der Waals surface area contributed by atoms with Crippen LogP contribution in [-0.2, 0) is 4.74 Å². The molecule has 22 heavy (non-hydrogen) atoms. The van der Waals surface area contributed by atoms with Gasteiger partial charge >= 0.3 is 34.0 Å². The first-order valence-electron chi connectivity index (χ1n) is 4.34. The molecule has 0 saturated carbocycles. The highest BCUT2D eigenvalue weighted by Gasteiger charge is 2.79. The highest BCUT2D eigenvalue weighted by Crippen LogP contribution is 2.54. The van der Waals surface area contributed by atoms with E-state index in [9.17, 15) is 52.7 Å². The van der Waals surface area contributed by atoms with Crippen LogP contribution in [0.25, 0.3) is 0 Å². The minimum atomic E-state index is -7.27. The number of alkyl halides is 11. The summed E-state index contributed by atoms with van der Waals surface area (Å²) < 4.78 is 146. The van der Waals surface area contributed by atoms with Crippen molar-refractivity contribution in [3.8, 4) is 0 Å². The van der Waals surface area contributed by atoms with Crippen molar-refractivity contribution >= 4 is 22.6 Å². The molecule has 0 saturated heterocycles. The van der Waals surface area contributed by atoms with E-state index < -0.39 is 62.4 Å². The lowest BCUT2D eigenvalue weighted by Crippen LogP contribution is -2.59. The number of hydrogen-bond donors (Lipinski definition) is 1. The predicted molar refractivity (Wildman–Crippen MR) is 51.7 cm³/mol. The van der Waals surface area contributed by atoms with Gasteiger partial charge in [0.1, 0.15) is 0 Å². The first kappa shape index (κ1) is 21.4. The molecule has 1 N–H and O–H groups in total. The number of halogens is 13. The maximum absolute atomic E-state index is 12.8. The van der Waals surface area contributed by atoms with Gasteiger partial charge in [0.15, 0.2) is 0 Å². The molecule has 0 unspecified atom stereocenters. The number of hydrogen-bond acceptors (Lipinski definition) is 2. The number of aliphatic hydroxyl groups excluding tert-OH is 1. The number of rotatable bonds is 6. The maximum atomic E-state index is 12.8. The van der Waals surface area contributed by atoms with Crippen molar-refractivity contribution in [1.29, 1.82) is 0 Å². The third-order valence-corrected chi connectivity index (χ3v) is 2.43. The summed E-state index contributed by atoms with van der Waals surface area (Å²) in [6, 6.07) is -3.66. The van der Waals surface area contributed by atoms with Gasteiger partial charge in [0.05, 0.1) is 0 Å². The van der Waals surface area contributed by atoms with Gasteiger partial charge in [-0.2, -0.15) is 52.7 Å². The lowest BCUT2D eigenvalue weighted by atomic mass is 10.1. The zero-order valence-corrected chi connectivity index (χ0v) is 11.4. The average molecular weight is 472 g/mol. The van der Waals surface area contributed by atoms with E-state index >= 15 is 0 Å². The van der Waals surface area contributed by atoms with Gasteiger partial charge in [0, 0.05) is 22.6 Å². The third kappa shape index (κ3) is 3.65. The van der Waals surface area contributed by atoms with Crippen molar-refractivity contribution in [3.05, 3.63) is 11.8 Å². The first-order chi connectivity index (χ1) is 9.31. The normalized spacial score (nSPS) is 16.6. The topological polar surface area (TPSA) is 29.5 Å². The molecule has 0 atom stereocenters. The summed E-state index contributed by atoms with van der Waals surface area (Å²) in [6.45, 7) is 0. The maximum Gasteiger partial charge on any atom is 0.433 e. The van der Waals surface area contributed by atoms with Crippen molar-refractivity contribution in [2.24, 2.45) is 0 Å². The average Bonchev–Trinajstić information content (AvgIpc) is 2.24. The summed E-state index contributed by atoms with van der Waals surface area (Å²) in [4.78, 5) is 0. The lowest BCUT2D eigenvalue weighted by Gasteiger charge is -2.33. The van der Waals surface area contributed by atoms with E-state index in [1.165, 1.54) is 0 Å². The van der Waals surface area contributed by atoms with Crippen LogP contribution in [0.15, 0.2) is 11.8 Å². The quantitative estimate of drug-likeness (QED) is 0.251. The molecule has 0 aliphatic heterocycles. The summed E-state index contributed by atoms with van der Waals surface area (Å²) in [6.07, 6.45) is -13.5. The van der Waals surface area contributed by atoms with Gasteiger partial charge in [-0.05, 0) is 0 Å². The SMILES string of the molecule is OC(F)=C(F)C(F)(F)C(F)(F)C(F)(F)OC(F)(F)C(F)(F)I. The minimum absolute atomic E-state index is 0.525. The minimum Gasteiger partial charge on any atom is -0.484 e. The Hall–Kier alpha value is -0.610. The Morgan fingerprint density at radius 1 is 0.773 bits per heavy atom. The van der Waals surface area contributed by atoms with Crippen LogP contribution in [0.3, 0.4) is 0 Å². The summed E-state index contributed by atoms with van der Waals surface area (Å²) >= 11 is -0.525. The van der Waals surface area contributed by atoms with E-state index in [4.69, 9.17) is 5.11 Å². The van der Waals surface area contributed by atoms with E-state index in [1.54, 1.807) is 4.74 Å². The van der Waals surface area contributed by atoms with Crippen molar-refractivity contribution in [3.63, 3.8) is 0 Å².